The smallest absolute Gasteiger partial charge is 0.336 e. The molecular formula is C21H27F3N4O3S. The van der Waals surface area contributed by atoms with Crippen molar-refractivity contribution in [2.75, 3.05) is 43.2 Å². The zero-order valence-electron chi connectivity index (χ0n) is 17.3. The van der Waals surface area contributed by atoms with Crippen molar-refractivity contribution in [2.24, 2.45) is 5.73 Å². The summed E-state index contributed by atoms with van der Waals surface area (Å²) in [5.74, 6) is -0.538. The number of hydrogen-bond donors (Lipinski definition) is 2. The molecule has 0 saturated carbocycles. The quantitative estimate of drug-likeness (QED) is 0.646. The Morgan fingerprint density at radius 3 is 2.16 bits per heavy atom. The Hall–Kier alpha value is -2.63. The van der Waals surface area contributed by atoms with Gasteiger partial charge in [0.1, 0.15) is 6.04 Å². The first-order chi connectivity index (χ1) is 15.1. The number of nitrogens with two attached hydrogens (primary N) is 1. The Balaban J connectivity index is 0.00000385. The first-order valence-electron chi connectivity index (χ1n) is 10.1. The first kappa shape index (κ1) is 24.0. The molecule has 2 aromatic carbocycles. The van der Waals surface area contributed by atoms with Gasteiger partial charge in [-0.15, -0.1) is 0 Å². The molecule has 1 saturated heterocycles. The third-order valence-electron chi connectivity index (χ3n) is 5.18. The molecular weight excluding hydrogens is 445 g/mol. The number of nitrogens with zero attached hydrogens (tertiary/aromatic N) is 2. The fourth-order valence-corrected chi connectivity index (χ4v) is 4.58. The van der Waals surface area contributed by atoms with Crippen LogP contribution in [0.25, 0.3) is 0 Å². The topological polar surface area (TPSA) is 95.7 Å². The molecule has 0 aromatic heterocycles. The van der Waals surface area contributed by atoms with Crippen LogP contribution >= 0.6 is 0 Å². The summed E-state index contributed by atoms with van der Waals surface area (Å²) in [4.78, 5) is 15.6. The molecule has 11 heteroatoms. The average Bonchev–Trinajstić information content (AvgIpc) is 2.74. The standard InChI is InChI=1S/C21H25F3N4O3S.H2/c22-21(23,24)19(16-4-2-1-3-5-16)27-11-13-28(14-12-27)20(29)17-6-8-18(9-7-17)26-32(30,31)15-10-25;/h1-9,19,26H,10-15,25H2;1H. The maximum Gasteiger partial charge on any atom is 0.408 e. The van der Waals surface area contributed by atoms with E-state index in [9.17, 15) is 26.4 Å². The number of hydrogen-bond acceptors (Lipinski definition) is 5. The van der Waals surface area contributed by atoms with Gasteiger partial charge in [0.15, 0.2) is 0 Å². The zero-order chi connectivity index (χ0) is 23.4. The third-order valence-corrected chi connectivity index (χ3v) is 6.50. The maximum atomic E-state index is 13.7. The predicted octanol–water partition coefficient (Wildman–Crippen LogP) is 2.69. The van der Waals surface area contributed by atoms with Gasteiger partial charge >= 0.3 is 6.18 Å². The number of piperazine rings is 1. The number of halogens is 3. The van der Waals surface area contributed by atoms with Gasteiger partial charge in [-0.05, 0) is 29.8 Å². The van der Waals surface area contributed by atoms with Gasteiger partial charge < -0.3 is 10.6 Å². The third kappa shape index (κ3) is 5.99. The summed E-state index contributed by atoms with van der Waals surface area (Å²) in [6.07, 6.45) is -4.43. The van der Waals surface area contributed by atoms with Crippen LogP contribution < -0.4 is 10.5 Å². The lowest BCUT2D eigenvalue weighted by molar-refractivity contribution is -0.189. The van der Waals surface area contributed by atoms with E-state index in [0.717, 1.165) is 0 Å². The molecule has 0 aliphatic carbocycles. The van der Waals surface area contributed by atoms with E-state index >= 15 is 0 Å². The molecule has 1 heterocycles. The number of alkyl halides is 3. The zero-order valence-corrected chi connectivity index (χ0v) is 18.1. The molecule has 0 spiro atoms. The number of benzene rings is 2. The summed E-state index contributed by atoms with van der Waals surface area (Å²) in [6, 6.07) is 11.9. The number of carbonyl (C=O) groups excluding carboxylic acids is 1. The van der Waals surface area contributed by atoms with Crippen LogP contribution in [-0.2, 0) is 10.0 Å². The second-order valence-corrected chi connectivity index (χ2v) is 9.31. The summed E-state index contributed by atoms with van der Waals surface area (Å²) in [7, 11) is -3.56. The predicted molar refractivity (Wildman–Crippen MR) is 118 cm³/mol. The van der Waals surface area contributed by atoms with Crippen LogP contribution in [0.15, 0.2) is 54.6 Å². The summed E-state index contributed by atoms with van der Waals surface area (Å²) in [5.41, 5.74) is 6.07. The van der Waals surface area contributed by atoms with Crippen molar-refractivity contribution < 1.29 is 27.8 Å². The highest BCUT2D eigenvalue weighted by atomic mass is 32.2. The summed E-state index contributed by atoms with van der Waals surface area (Å²) >= 11 is 0. The highest BCUT2D eigenvalue weighted by molar-refractivity contribution is 7.92. The van der Waals surface area contributed by atoms with Gasteiger partial charge in [0.05, 0.1) is 5.75 Å². The van der Waals surface area contributed by atoms with Gasteiger partial charge in [0.25, 0.3) is 5.91 Å². The molecule has 7 nitrogen and oxygen atoms in total. The molecule has 1 amide bonds. The highest BCUT2D eigenvalue weighted by Gasteiger charge is 2.45. The van der Waals surface area contributed by atoms with E-state index in [0.29, 0.717) is 11.3 Å². The minimum atomic E-state index is -4.43. The summed E-state index contributed by atoms with van der Waals surface area (Å²) in [5, 5.41) is 0. The number of rotatable bonds is 7. The molecule has 3 rings (SSSR count). The number of sulfonamides is 1. The lowest BCUT2D eigenvalue weighted by Crippen LogP contribution is -2.52. The van der Waals surface area contributed by atoms with E-state index in [4.69, 9.17) is 5.73 Å². The van der Waals surface area contributed by atoms with Gasteiger partial charge in [0, 0.05) is 45.4 Å². The molecule has 1 atom stereocenters. The molecule has 1 fully saturated rings. The van der Waals surface area contributed by atoms with Crippen molar-refractivity contribution in [3.63, 3.8) is 0 Å². The number of nitrogens with one attached hydrogen (secondary N) is 1. The molecule has 0 radical (unpaired) electrons. The van der Waals surface area contributed by atoms with Crippen LogP contribution in [0.2, 0.25) is 0 Å². The molecule has 1 unspecified atom stereocenters. The van der Waals surface area contributed by atoms with Gasteiger partial charge in [-0.2, -0.15) is 13.2 Å². The Morgan fingerprint density at radius 2 is 1.62 bits per heavy atom. The second kappa shape index (κ2) is 9.88. The van der Waals surface area contributed by atoms with E-state index in [-0.39, 0.29) is 51.4 Å². The van der Waals surface area contributed by atoms with Crippen molar-refractivity contribution in [1.82, 2.24) is 9.80 Å². The molecule has 1 aliphatic heterocycles. The molecule has 1 aliphatic rings. The van der Waals surface area contributed by atoms with Crippen LogP contribution in [0.5, 0.6) is 0 Å². The molecule has 2 aromatic rings. The fourth-order valence-electron chi connectivity index (χ4n) is 3.67. The van der Waals surface area contributed by atoms with Crippen molar-refractivity contribution >= 4 is 21.6 Å². The van der Waals surface area contributed by atoms with Gasteiger partial charge in [0.2, 0.25) is 10.0 Å². The Bertz CT molecular complexity index is 1010. The van der Waals surface area contributed by atoms with Crippen LogP contribution in [0, 0.1) is 0 Å². The molecule has 176 valence electrons. The minimum absolute atomic E-state index is 0. The average molecular weight is 473 g/mol. The molecule has 0 bridgehead atoms. The first-order valence-corrected chi connectivity index (χ1v) is 11.7. The van der Waals surface area contributed by atoms with Crippen molar-refractivity contribution in [1.29, 1.82) is 0 Å². The Morgan fingerprint density at radius 1 is 1.03 bits per heavy atom. The van der Waals surface area contributed by atoms with E-state index in [1.807, 2.05) is 0 Å². The molecule has 32 heavy (non-hydrogen) atoms. The number of amides is 1. The van der Waals surface area contributed by atoms with E-state index in [1.54, 1.807) is 18.2 Å². The Labute approximate surface area is 186 Å². The van der Waals surface area contributed by atoms with Crippen LogP contribution in [-0.4, -0.2) is 68.8 Å². The largest absolute Gasteiger partial charge is 0.408 e. The summed E-state index contributed by atoms with van der Waals surface area (Å²) < 4.78 is 67.1. The van der Waals surface area contributed by atoms with E-state index < -0.39 is 22.2 Å². The van der Waals surface area contributed by atoms with Gasteiger partial charge in [-0.25, -0.2) is 8.42 Å². The van der Waals surface area contributed by atoms with Crippen LogP contribution in [0.4, 0.5) is 18.9 Å². The normalized spacial score (nSPS) is 16.6. The number of anilines is 1. The monoisotopic (exact) mass is 472 g/mol. The van der Waals surface area contributed by atoms with E-state index in [2.05, 4.69) is 4.72 Å². The Kier molecular flexibility index (Phi) is 7.42. The minimum Gasteiger partial charge on any atom is -0.336 e. The second-order valence-electron chi connectivity index (χ2n) is 7.47. The lowest BCUT2D eigenvalue weighted by Gasteiger charge is -2.40. The molecule has 3 N–H and O–H groups in total. The highest BCUT2D eigenvalue weighted by Crippen LogP contribution is 2.38. The van der Waals surface area contributed by atoms with Crippen molar-refractivity contribution in [2.45, 2.75) is 12.2 Å². The van der Waals surface area contributed by atoms with Crippen molar-refractivity contribution in [3.05, 3.63) is 65.7 Å². The van der Waals surface area contributed by atoms with Crippen molar-refractivity contribution in [3.8, 4) is 0 Å². The lowest BCUT2D eigenvalue weighted by atomic mass is 10.0. The van der Waals surface area contributed by atoms with Gasteiger partial charge in [-0.3, -0.25) is 14.4 Å². The summed E-state index contributed by atoms with van der Waals surface area (Å²) in [6.45, 7) is 0.465. The van der Waals surface area contributed by atoms with Crippen LogP contribution in [0.3, 0.4) is 0 Å². The van der Waals surface area contributed by atoms with Crippen LogP contribution in [0.1, 0.15) is 23.4 Å². The number of carbonyl (C=O) groups is 1. The fraction of sp³-hybridized carbons (Fsp3) is 0.381. The maximum absolute atomic E-state index is 13.7. The van der Waals surface area contributed by atoms with E-state index in [1.165, 1.54) is 46.2 Å². The SMILES string of the molecule is NCCS(=O)(=O)Nc1ccc(C(=O)N2CCN(C(c3ccccc3)C(F)(F)F)CC2)cc1.[HH]. The van der Waals surface area contributed by atoms with Gasteiger partial charge in [-0.1, -0.05) is 30.3 Å².